The van der Waals surface area contributed by atoms with Crippen LogP contribution in [-0.2, 0) is 0 Å². The van der Waals surface area contributed by atoms with E-state index in [0.717, 1.165) is 0 Å². The van der Waals surface area contributed by atoms with Crippen molar-refractivity contribution in [1.82, 2.24) is 14.7 Å². The van der Waals surface area contributed by atoms with Gasteiger partial charge in [0.25, 0.3) is 11.6 Å². The Kier molecular flexibility index (Phi) is 4.86. The van der Waals surface area contributed by atoms with Crippen LogP contribution in [0.25, 0.3) is 5.69 Å². The first-order valence-corrected chi connectivity index (χ1v) is 8.96. The van der Waals surface area contributed by atoms with E-state index in [0.29, 0.717) is 30.3 Å². The highest BCUT2D eigenvalue weighted by Gasteiger charge is 2.25. The molecule has 0 saturated carbocycles. The number of nitro benzene ring substituents is 1. The number of non-ortho nitro benzene ring substituents is 1. The van der Waals surface area contributed by atoms with Gasteiger partial charge >= 0.3 is 0 Å². The summed E-state index contributed by atoms with van der Waals surface area (Å²) in [5, 5.41) is 15.1. The molecule has 0 fully saturated rings. The highest BCUT2D eigenvalue weighted by atomic mass is 16.6. The number of rotatable bonds is 5. The summed E-state index contributed by atoms with van der Waals surface area (Å²) >= 11 is 0. The maximum absolute atomic E-state index is 12.7. The maximum Gasteiger partial charge on any atom is 0.274 e. The summed E-state index contributed by atoms with van der Waals surface area (Å²) in [6, 6.07) is 14.9. The summed E-state index contributed by atoms with van der Waals surface area (Å²) in [6.45, 7) is 0.698. The van der Waals surface area contributed by atoms with E-state index >= 15 is 0 Å². The second kappa shape index (κ2) is 7.63. The number of nitro groups is 1. The molecule has 3 aromatic rings. The van der Waals surface area contributed by atoms with Gasteiger partial charge in [-0.2, -0.15) is 5.10 Å². The van der Waals surface area contributed by atoms with Crippen LogP contribution < -0.4 is 9.47 Å². The number of carbonyl (C=O) groups excluding carboxylic acids is 1. The molecule has 1 unspecified atom stereocenters. The lowest BCUT2D eigenvalue weighted by atomic mass is 10.2. The zero-order chi connectivity index (χ0) is 20.4. The average molecular weight is 394 g/mol. The SMILES string of the molecule is CN(CC1COc2ccccc2O1)C(=O)c1ccn(-c2ccc([N+](=O)[O-])cc2)n1. The van der Waals surface area contributed by atoms with E-state index in [1.807, 2.05) is 24.3 Å². The fourth-order valence-electron chi connectivity index (χ4n) is 3.05. The van der Waals surface area contributed by atoms with Gasteiger partial charge in [0.1, 0.15) is 6.61 Å². The molecule has 1 aliphatic heterocycles. The molecule has 4 rings (SSSR count). The van der Waals surface area contributed by atoms with E-state index in [2.05, 4.69) is 5.10 Å². The minimum atomic E-state index is -0.466. The number of nitrogens with zero attached hydrogens (tertiary/aromatic N) is 4. The molecule has 0 bridgehead atoms. The lowest BCUT2D eigenvalue weighted by molar-refractivity contribution is -0.384. The first-order valence-electron chi connectivity index (χ1n) is 8.96. The standard InChI is InChI=1S/C20H18N4O5/c1-22(12-16-13-28-18-4-2-3-5-19(18)29-16)20(25)17-10-11-23(21-17)14-6-8-15(9-7-14)24(26)27/h2-11,16H,12-13H2,1H3. The highest BCUT2D eigenvalue weighted by Crippen LogP contribution is 2.31. The number of carbonyl (C=O) groups is 1. The van der Waals surface area contributed by atoms with Crippen molar-refractivity contribution in [2.75, 3.05) is 20.2 Å². The van der Waals surface area contributed by atoms with Crippen molar-refractivity contribution in [3.8, 4) is 17.2 Å². The molecule has 0 N–H and O–H groups in total. The van der Waals surface area contributed by atoms with E-state index in [9.17, 15) is 14.9 Å². The number of ether oxygens (including phenoxy) is 2. The summed E-state index contributed by atoms with van der Waals surface area (Å²) < 4.78 is 13.1. The molecule has 29 heavy (non-hydrogen) atoms. The smallest absolute Gasteiger partial charge is 0.274 e. The van der Waals surface area contributed by atoms with Crippen LogP contribution >= 0.6 is 0 Å². The number of likely N-dealkylation sites (N-methyl/N-ethyl adjacent to an activating group) is 1. The lowest BCUT2D eigenvalue weighted by Gasteiger charge is -2.29. The van der Waals surface area contributed by atoms with Gasteiger partial charge < -0.3 is 14.4 Å². The molecule has 1 aromatic heterocycles. The predicted octanol–water partition coefficient (Wildman–Crippen LogP) is 2.69. The number of hydrogen-bond donors (Lipinski definition) is 0. The van der Waals surface area contributed by atoms with E-state index in [1.165, 1.54) is 21.7 Å². The Morgan fingerprint density at radius 3 is 2.66 bits per heavy atom. The van der Waals surface area contributed by atoms with Crippen LogP contribution in [0.1, 0.15) is 10.5 Å². The zero-order valence-corrected chi connectivity index (χ0v) is 15.6. The Morgan fingerprint density at radius 2 is 1.93 bits per heavy atom. The first kappa shape index (κ1) is 18.5. The highest BCUT2D eigenvalue weighted by molar-refractivity contribution is 5.92. The van der Waals surface area contributed by atoms with Crippen LogP contribution in [0.3, 0.4) is 0 Å². The number of amides is 1. The summed E-state index contributed by atoms with van der Waals surface area (Å²) in [5.41, 5.74) is 0.883. The molecule has 0 spiro atoms. The minimum Gasteiger partial charge on any atom is -0.486 e. The van der Waals surface area contributed by atoms with E-state index in [-0.39, 0.29) is 23.4 Å². The molecule has 1 atom stereocenters. The van der Waals surface area contributed by atoms with Crippen molar-refractivity contribution in [3.05, 3.63) is 76.6 Å². The molecule has 148 valence electrons. The van der Waals surface area contributed by atoms with Gasteiger partial charge in [0, 0.05) is 25.4 Å². The normalized spacial score (nSPS) is 15.0. The fourth-order valence-corrected chi connectivity index (χ4v) is 3.05. The fraction of sp³-hybridized carbons (Fsp3) is 0.200. The molecule has 0 radical (unpaired) electrons. The molecular weight excluding hydrogens is 376 g/mol. The Bertz CT molecular complexity index is 1050. The van der Waals surface area contributed by atoms with Gasteiger partial charge in [-0.05, 0) is 30.3 Å². The monoisotopic (exact) mass is 394 g/mol. The Labute approximate surface area is 166 Å². The minimum absolute atomic E-state index is 0.00628. The molecule has 1 aliphatic rings. The number of hydrogen-bond acceptors (Lipinski definition) is 6. The van der Waals surface area contributed by atoms with Gasteiger partial charge in [-0.25, -0.2) is 4.68 Å². The number of benzene rings is 2. The largest absolute Gasteiger partial charge is 0.486 e. The molecule has 0 saturated heterocycles. The van der Waals surface area contributed by atoms with E-state index < -0.39 is 4.92 Å². The lowest BCUT2D eigenvalue weighted by Crippen LogP contribution is -2.41. The van der Waals surface area contributed by atoms with Crippen LogP contribution in [0.2, 0.25) is 0 Å². The second-order valence-corrected chi connectivity index (χ2v) is 6.60. The van der Waals surface area contributed by atoms with Crippen LogP contribution in [0, 0.1) is 10.1 Å². The van der Waals surface area contributed by atoms with E-state index in [4.69, 9.17) is 9.47 Å². The predicted molar refractivity (Wildman–Crippen MR) is 104 cm³/mol. The number of para-hydroxylation sites is 2. The number of aromatic nitrogens is 2. The van der Waals surface area contributed by atoms with Crippen LogP contribution in [0.5, 0.6) is 11.5 Å². The van der Waals surface area contributed by atoms with Crippen LogP contribution in [0.4, 0.5) is 5.69 Å². The third-order valence-corrected chi connectivity index (χ3v) is 4.52. The van der Waals surface area contributed by atoms with Crippen molar-refractivity contribution in [2.45, 2.75) is 6.10 Å². The maximum atomic E-state index is 12.7. The Hall–Kier alpha value is -3.88. The molecule has 1 amide bonds. The molecular formula is C20H18N4O5. The Balaban J connectivity index is 1.41. The van der Waals surface area contributed by atoms with Crippen molar-refractivity contribution in [2.24, 2.45) is 0 Å². The first-order chi connectivity index (χ1) is 14.0. The molecule has 2 aromatic carbocycles. The summed E-state index contributed by atoms with van der Waals surface area (Å²) in [4.78, 5) is 24.5. The van der Waals surface area contributed by atoms with Gasteiger partial charge in [0.2, 0.25) is 0 Å². The summed E-state index contributed by atoms with van der Waals surface area (Å²) in [6.07, 6.45) is 1.36. The van der Waals surface area contributed by atoms with E-state index in [1.54, 1.807) is 31.4 Å². The quantitative estimate of drug-likeness (QED) is 0.487. The van der Waals surface area contributed by atoms with Gasteiger partial charge in [-0.3, -0.25) is 14.9 Å². The van der Waals surface area contributed by atoms with Gasteiger partial charge in [0.15, 0.2) is 23.3 Å². The van der Waals surface area contributed by atoms with Gasteiger partial charge in [0.05, 0.1) is 17.2 Å². The van der Waals surface area contributed by atoms with Crippen LogP contribution in [0.15, 0.2) is 60.8 Å². The topological polar surface area (TPSA) is 99.7 Å². The van der Waals surface area contributed by atoms with Gasteiger partial charge in [-0.15, -0.1) is 0 Å². The molecule has 0 aliphatic carbocycles. The third-order valence-electron chi connectivity index (χ3n) is 4.52. The molecule has 2 heterocycles. The second-order valence-electron chi connectivity index (χ2n) is 6.60. The zero-order valence-electron chi connectivity index (χ0n) is 15.6. The molecule has 9 heteroatoms. The van der Waals surface area contributed by atoms with Gasteiger partial charge in [-0.1, -0.05) is 12.1 Å². The van der Waals surface area contributed by atoms with Crippen molar-refractivity contribution in [1.29, 1.82) is 0 Å². The third kappa shape index (κ3) is 3.88. The Morgan fingerprint density at radius 1 is 1.21 bits per heavy atom. The summed E-state index contributed by atoms with van der Waals surface area (Å²) in [5.74, 6) is 1.10. The van der Waals surface area contributed by atoms with Crippen molar-refractivity contribution >= 4 is 11.6 Å². The van der Waals surface area contributed by atoms with Crippen molar-refractivity contribution in [3.63, 3.8) is 0 Å². The summed E-state index contributed by atoms with van der Waals surface area (Å²) in [7, 11) is 1.68. The van der Waals surface area contributed by atoms with Crippen molar-refractivity contribution < 1.29 is 19.2 Å². The molecule has 9 nitrogen and oxygen atoms in total. The number of fused-ring (bicyclic) bond motifs is 1. The average Bonchev–Trinajstić information content (AvgIpc) is 3.23. The van der Waals surface area contributed by atoms with Crippen LogP contribution in [-0.4, -0.2) is 51.8 Å².